The number of anilines is 3. The van der Waals surface area contributed by atoms with Crippen LogP contribution in [0, 0.1) is 0 Å². The molecule has 0 aliphatic heterocycles. The molecule has 3 aromatic heterocycles. The molecule has 0 unspecified atom stereocenters. The van der Waals surface area contributed by atoms with Crippen LogP contribution in [-0.2, 0) is 5.41 Å². The molecule has 344 valence electrons. The predicted octanol–water partition coefficient (Wildman–Crippen LogP) is 18.9. The van der Waals surface area contributed by atoms with E-state index in [-0.39, 0.29) is 5.41 Å². The number of aromatic nitrogens is 2. The smallest absolute Gasteiger partial charge is 0.135 e. The summed E-state index contributed by atoms with van der Waals surface area (Å²) < 4.78 is 11.1. The van der Waals surface area contributed by atoms with E-state index in [1.54, 1.807) is 0 Å². The molecule has 1 aliphatic carbocycles. The first-order chi connectivity index (χ1) is 35.9. The molecule has 0 N–H and O–H groups in total. The molecule has 0 spiro atoms. The Morgan fingerprint density at radius 3 is 1.53 bits per heavy atom. The highest BCUT2D eigenvalue weighted by molar-refractivity contribution is 6.12. The fraction of sp³-hybridized carbons (Fsp3) is 0.0435. The molecule has 0 fully saturated rings. The van der Waals surface area contributed by atoms with Crippen molar-refractivity contribution in [3.63, 3.8) is 0 Å². The Kier molecular flexibility index (Phi) is 8.97. The van der Waals surface area contributed by atoms with E-state index in [9.17, 15) is 0 Å². The highest BCUT2D eigenvalue weighted by Crippen LogP contribution is 2.52. The topological polar surface area (TPSA) is 26.2 Å². The lowest BCUT2D eigenvalue weighted by molar-refractivity contribution is 0.660. The molecule has 0 amide bonds. The van der Waals surface area contributed by atoms with Crippen molar-refractivity contribution >= 4 is 82.6 Å². The van der Waals surface area contributed by atoms with E-state index in [0.717, 1.165) is 50.4 Å². The second kappa shape index (κ2) is 15.8. The Morgan fingerprint density at radius 1 is 0.315 bits per heavy atom. The number of fused-ring (bicyclic) bond motifs is 12. The second-order valence-corrected chi connectivity index (χ2v) is 20.1. The van der Waals surface area contributed by atoms with E-state index >= 15 is 0 Å². The number of hydrogen-bond donors (Lipinski definition) is 0. The number of rotatable bonds is 7. The van der Waals surface area contributed by atoms with Crippen molar-refractivity contribution in [1.29, 1.82) is 0 Å². The van der Waals surface area contributed by atoms with Crippen LogP contribution in [0.2, 0.25) is 0 Å². The van der Waals surface area contributed by atoms with Gasteiger partial charge < -0.3 is 18.5 Å². The lowest BCUT2D eigenvalue weighted by Gasteiger charge is -2.28. The summed E-state index contributed by atoms with van der Waals surface area (Å²) >= 11 is 0. The zero-order valence-electron chi connectivity index (χ0n) is 40.4. The summed E-state index contributed by atoms with van der Waals surface area (Å²) in [4.78, 5) is 2.41. The van der Waals surface area contributed by atoms with Crippen molar-refractivity contribution in [2.45, 2.75) is 19.3 Å². The zero-order chi connectivity index (χ0) is 48.4. The molecule has 4 heteroatoms. The maximum atomic E-state index is 6.35. The fourth-order valence-corrected chi connectivity index (χ4v) is 12.2. The molecular formula is C69H47N3O. The third-order valence-electron chi connectivity index (χ3n) is 15.7. The van der Waals surface area contributed by atoms with Gasteiger partial charge in [0.15, 0.2) is 0 Å². The number of benzene rings is 11. The molecule has 0 saturated carbocycles. The first-order valence-corrected chi connectivity index (χ1v) is 25.2. The standard InChI is InChI=1S/C69H47N3O/c1-69(2)61-40-46(47-28-35-57-55-19-9-12-22-63(55)72(66(57)41-47)49-17-7-4-8-18-49)27-34-53(61)54-36-32-52(43-62(54)69)70(51-33-38-68-60(42-51)58-21-11-14-24-67(58)73-68)50-30-25-44(26-31-50)45-29-37-65-59(39-45)56-20-10-13-23-64(56)71(65)48-15-5-3-6-16-48/h3-43H,1-2H3. The quantitative estimate of drug-likeness (QED) is 0.159. The van der Waals surface area contributed by atoms with E-state index in [2.05, 4.69) is 271 Å². The minimum atomic E-state index is -0.262. The van der Waals surface area contributed by atoms with Gasteiger partial charge in [0.2, 0.25) is 0 Å². The largest absolute Gasteiger partial charge is 0.456 e. The zero-order valence-corrected chi connectivity index (χ0v) is 40.4. The molecule has 0 bridgehead atoms. The first kappa shape index (κ1) is 41.4. The summed E-state index contributed by atoms with van der Waals surface area (Å²) in [5.41, 5.74) is 21.9. The van der Waals surface area contributed by atoms with Gasteiger partial charge in [0.1, 0.15) is 11.2 Å². The van der Waals surface area contributed by atoms with Gasteiger partial charge >= 0.3 is 0 Å². The maximum absolute atomic E-state index is 6.35. The van der Waals surface area contributed by atoms with Crippen molar-refractivity contribution in [2.24, 2.45) is 0 Å². The normalized spacial score (nSPS) is 12.9. The highest BCUT2D eigenvalue weighted by Gasteiger charge is 2.36. The third kappa shape index (κ3) is 6.33. The lowest BCUT2D eigenvalue weighted by Crippen LogP contribution is -2.16. The number of nitrogens with zero attached hydrogens (tertiary/aromatic N) is 3. The van der Waals surface area contributed by atoms with Crippen LogP contribution in [0.5, 0.6) is 0 Å². The van der Waals surface area contributed by atoms with Crippen molar-refractivity contribution < 1.29 is 4.42 Å². The average molecular weight is 934 g/mol. The summed E-state index contributed by atoms with van der Waals surface area (Å²) in [5, 5.41) is 7.22. The van der Waals surface area contributed by atoms with E-state index in [0.29, 0.717) is 0 Å². The Labute approximate surface area is 422 Å². The fourth-order valence-electron chi connectivity index (χ4n) is 12.2. The molecule has 14 aromatic rings. The number of para-hydroxylation sites is 5. The second-order valence-electron chi connectivity index (χ2n) is 20.1. The van der Waals surface area contributed by atoms with Gasteiger partial charge in [0.05, 0.1) is 22.1 Å². The van der Waals surface area contributed by atoms with Gasteiger partial charge in [-0.1, -0.05) is 153 Å². The predicted molar refractivity (Wildman–Crippen MR) is 306 cm³/mol. The minimum Gasteiger partial charge on any atom is -0.456 e. The van der Waals surface area contributed by atoms with Gasteiger partial charge in [-0.05, 0) is 154 Å². The third-order valence-corrected chi connectivity index (χ3v) is 15.7. The highest BCUT2D eigenvalue weighted by atomic mass is 16.3. The van der Waals surface area contributed by atoms with Gasteiger partial charge in [-0.3, -0.25) is 0 Å². The van der Waals surface area contributed by atoms with Crippen LogP contribution in [0.15, 0.2) is 253 Å². The summed E-state index contributed by atoms with van der Waals surface area (Å²) in [6.07, 6.45) is 0. The van der Waals surface area contributed by atoms with Crippen LogP contribution in [0.25, 0.3) is 110 Å². The Hall–Kier alpha value is -9.38. The Bertz CT molecular complexity index is 4520. The molecule has 3 heterocycles. The molecule has 1 aliphatic rings. The molecule has 0 saturated heterocycles. The summed E-state index contributed by atoms with van der Waals surface area (Å²) in [7, 11) is 0. The molecule has 4 nitrogen and oxygen atoms in total. The molecule has 73 heavy (non-hydrogen) atoms. The van der Waals surface area contributed by atoms with Crippen LogP contribution in [-0.4, -0.2) is 9.13 Å². The van der Waals surface area contributed by atoms with Gasteiger partial charge in [-0.2, -0.15) is 0 Å². The van der Waals surface area contributed by atoms with E-state index in [4.69, 9.17) is 4.42 Å². The Morgan fingerprint density at radius 2 is 0.795 bits per heavy atom. The average Bonchev–Trinajstić information content (AvgIpc) is 4.16. The van der Waals surface area contributed by atoms with E-state index in [1.807, 2.05) is 6.07 Å². The van der Waals surface area contributed by atoms with Gasteiger partial charge in [0.25, 0.3) is 0 Å². The lowest BCUT2D eigenvalue weighted by atomic mass is 9.81. The number of furan rings is 1. The van der Waals surface area contributed by atoms with Crippen LogP contribution in [0.4, 0.5) is 17.1 Å². The molecule has 11 aromatic carbocycles. The molecule has 15 rings (SSSR count). The van der Waals surface area contributed by atoms with Crippen molar-refractivity contribution in [1.82, 2.24) is 9.13 Å². The summed E-state index contributed by atoms with van der Waals surface area (Å²) in [6, 6.07) is 91.0. The minimum absolute atomic E-state index is 0.262. The number of hydrogen-bond acceptors (Lipinski definition) is 2. The van der Waals surface area contributed by atoms with Crippen LogP contribution < -0.4 is 4.90 Å². The van der Waals surface area contributed by atoms with Crippen LogP contribution in [0.1, 0.15) is 25.0 Å². The van der Waals surface area contributed by atoms with Crippen molar-refractivity contribution in [3.05, 3.63) is 260 Å². The molecule has 0 radical (unpaired) electrons. The Balaban J connectivity index is 0.829. The molecular weight excluding hydrogens is 887 g/mol. The van der Waals surface area contributed by atoms with Crippen molar-refractivity contribution in [3.8, 4) is 44.8 Å². The van der Waals surface area contributed by atoms with E-state index < -0.39 is 0 Å². The van der Waals surface area contributed by atoms with Gasteiger partial charge in [-0.15, -0.1) is 0 Å². The SMILES string of the molecule is CC1(C)c2cc(-c3ccc4c5ccccc5n(-c5ccccc5)c4c3)ccc2-c2ccc(N(c3ccc(-c4ccc5c(c4)c4ccccc4n5-c4ccccc4)cc3)c3ccc4oc5ccccc5c4c3)cc21. The maximum Gasteiger partial charge on any atom is 0.135 e. The van der Waals surface area contributed by atoms with Crippen LogP contribution >= 0.6 is 0 Å². The summed E-state index contributed by atoms with van der Waals surface area (Å²) in [5.74, 6) is 0. The monoisotopic (exact) mass is 933 g/mol. The van der Waals surface area contributed by atoms with Gasteiger partial charge in [-0.25, -0.2) is 0 Å². The van der Waals surface area contributed by atoms with Crippen molar-refractivity contribution in [2.75, 3.05) is 4.90 Å². The van der Waals surface area contributed by atoms with E-state index in [1.165, 1.54) is 88.1 Å². The van der Waals surface area contributed by atoms with Crippen LogP contribution in [0.3, 0.4) is 0 Å². The molecule has 0 atom stereocenters. The first-order valence-electron chi connectivity index (χ1n) is 25.2. The summed E-state index contributed by atoms with van der Waals surface area (Å²) in [6.45, 7) is 4.77. The van der Waals surface area contributed by atoms with Gasteiger partial charge in [0, 0.05) is 66.2 Å².